The lowest BCUT2D eigenvalue weighted by molar-refractivity contribution is -0.231. The van der Waals surface area contributed by atoms with Crippen LogP contribution >= 0.6 is 0 Å². The third-order valence-corrected chi connectivity index (χ3v) is 3.55. The Kier molecular flexibility index (Phi) is 2.46. The van der Waals surface area contributed by atoms with E-state index in [4.69, 9.17) is 15.2 Å². The Morgan fingerprint density at radius 2 is 2.35 bits per heavy atom. The molecule has 5 atom stereocenters. The highest BCUT2D eigenvalue weighted by Crippen LogP contribution is 2.41. The van der Waals surface area contributed by atoms with Gasteiger partial charge >= 0.3 is 0 Å². The van der Waals surface area contributed by atoms with E-state index in [-0.39, 0.29) is 13.2 Å². The Bertz CT molecular complexity index is 398. The normalized spacial score (nSPS) is 45.1. The number of aromatic nitrogens is 2. The molecule has 2 saturated heterocycles. The summed E-state index contributed by atoms with van der Waals surface area (Å²) in [7, 11) is 0. The highest BCUT2D eigenvalue weighted by Gasteiger charge is 2.58. The molecule has 0 radical (unpaired) electrons. The molecule has 0 amide bonds. The molecule has 2 aliphatic heterocycles. The first-order chi connectivity index (χ1) is 8.18. The summed E-state index contributed by atoms with van der Waals surface area (Å²) in [4.78, 5) is 3.91. The van der Waals surface area contributed by atoms with Crippen LogP contribution in [0.4, 0.5) is 0 Å². The van der Waals surface area contributed by atoms with Crippen LogP contribution in [0, 0.1) is 0 Å². The lowest BCUT2D eigenvalue weighted by Crippen LogP contribution is -2.61. The number of fused-ring (bicyclic) bond motifs is 2. The molecule has 0 aromatic carbocycles. The van der Waals surface area contributed by atoms with E-state index in [9.17, 15) is 10.2 Å². The van der Waals surface area contributed by atoms with Crippen LogP contribution in [0.15, 0.2) is 18.7 Å². The van der Waals surface area contributed by atoms with Gasteiger partial charge in [-0.3, -0.25) is 0 Å². The number of nitrogens with zero attached hydrogens (tertiary/aromatic N) is 2. The highest BCUT2D eigenvalue weighted by atomic mass is 16.7. The Morgan fingerprint density at radius 1 is 1.53 bits per heavy atom. The molecule has 0 aliphatic carbocycles. The third kappa shape index (κ3) is 1.44. The van der Waals surface area contributed by atoms with Gasteiger partial charge in [0, 0.05) is 18.9 Å². The van der Waals surface area contributed by atoms with Crippen molar-refractivity contribution in [2.45, 2.75) is 30.1 Å². The fourth-order valence-electron chi connectivity index (χ4n) is 2.50. The number of aliphatic hydroxyl groups excluding tert-OH is 2. The topological polar surface area (TPSA) is 103 Å². The van der Waals surface area contributed by atoms with E-state index in [1.54, 1.807) is 23.3 Å². The molecule has 2 aliphatic rings. The minimum atomic E-state index is -1.07. The monoisotopic (exact) mass is 241 g/mol. The van der Waals surface area contributed by atoms with Gasteiger partial charge < -0.3 is 30.0 Å². The first-order valence-electron chi connectivity index (χ1n) is 5.51. The zero-order valence-corrected chi connectivity index (χ0v) is 9.14. The van der Waals surface area contributed by atoms with E-state index in [0.29, 0.717) is 0 Å². The van der Waals surface area contributed by atoms with Crippen molar-refractivity contribution in [3.05, 3.63) is 18.7 Å². The summed E-state index contributed by atoms with van der Waals surface area (Å²) in [5, 5.41) is 20.3. The van der Waals surface area contributed by atoms with E-state index in [2.05, 4.69) is 4.98 Å². The minimum Gasteiger partial charge on any atom is -0.388 e. The Labute approximate surface area is 97.8 Å². The van der Waals surface area contributed by atoms with Crippen molar-refractivity contribution in [2.75, 3.05) is 13.2 Å². The quantitative estimate of drug-likeness (QED) is 0.566. The molecule has 0 spiro atoms. The fraction of sp³-hybridized carbons (Fsp3) is 0.700. The van der Waals surface area contributed by atoms with Crippen molar-refractivity contribution in [1.82, 2.24) is 9.55 Å². The SMILES string of the molecule is NC[C@@]12COC(O1)[C@H](n1ccnc1)C(O)[C@H]2O. The molecule has 94 valence electrons. The predicted molar refractivity (Wildman–Crippen MR) is 55.9 cm³/mol. The molecule has 2 bridgehead atoms. The molecule has 4 N–H and O–H groups in total. The average Bonchev–Trinajstić information content (AvgIpc) is 2.96. The van der Waals surface area contributed by atoms with Crippen molar-refractivity contribution in [1.29, 1.82) is 0 Å². The van der Waals surface area contributed by atoms with E-state index < -0.39 is 30.1 Å². The fourth-order valence-corrected chi connectivity index (χ4v) is 2.50. The van der Waals surface area contributed by atoms with Gasteiger partial charge in [0.25, 0.3) is 0 Å². The second kappa shape index (κ2) is 3.76. The summed E-state index contributed by atoms with van der Waals surface area (Å²) in [6, 6.07) is -0.505. The molecular formula is C10H15N3O4. The number of hydrogen-bond acceptors (Lipinski definition) is 6. The first kappa shape index (κ1) is 11.1. The summed E-state index contributed by atoms with van der Waals surface area (Å²) in [6.45, 7) is 0.302. The summed E-state index contributed by atoms with van der Waals surface area (Å²) in [6.07, 6.45) is 2.18. The van der Waals surface area contributed by atoms with Crippen molar-refractivity contribution < 1.29 is 19.7 Å². The Balaban J connectivity index is 1.94. The molecule has 0 saturated carbocycles. The van der Waals surface area contributed by atoms with Gasteiger partial charge in [-0.25, -0.2) is 4.98 Å². The van der Waals surface area contributed by atoms with Crippen LogP contribution in [-0.2, 0) is 9.47 Å². The molecule has 2 unspecified atom stereocenters. The van der Waals surface area contributed by atoms with Crippen LogP contribution in [0.2, 0.25) is 0 Å². The summed E-state index contributed by atoms with van der Waals surface area (Å²) < 4.78 is 12.8. The minimum absolute atomic E-state index is 0.109. The number of nitrogens with two attached hydrogens (primary N) is 1. The second-order valence-corrected chi connectivity index (χ2v) is 4.50. The molecule has 1 aromatic heterocycles. The molecule has 17 heavy (non-hydrogen) atoms. The molecular weight excluding hydrogens is 226 g/mol. The molecule has 3 heterocycles. The van der Waals surface area contributed by atoms with Crippen molar-refractivity contribution in [3.63, 3.8) is 0 Å². The van der Waals surface area contributed by atoms with E-state index in [1.807, 2.05) is 0 Å². The van der Waals surface area contributed by atoms with Gasteiger partial charge in [-0.2, -0.15) is 0 Å². The molecule has 3 rings (SSSR count). The molecule has 1 aromatic rings. The second-order valence-electron chi connectivity index (χ2n) is 4.50. The van der Waals surface area contributed by atoms with Crippen LogP contribution in [0.1, 0.15) is 6.04 Å². The third-order valence-electron chi connectivity index (χ3n) is 3.55. The standard InChI is InChI=1S/C10H15N3O4/c11-3-10-4-16-9(17-10)6(7(14)8(10)15)13-2-1-12-5-13/h1-2,5-9,14-15H,3-4,11H2/t6-,7?,8-,9?,10+/m1/s1. The van der Waals surface area contributed by atoms with Crippen LogP contribution < -0.4 is 5.73 Å². The van der Waals surface area contributed by atoms with Gasteiger partial charge in [-0.1, -0.05) is 0 Å². The van der Waals surface area contributed by atoms with Gasteiger partial charge in [-0.05, 0) is 0 Å². The number of hydrogen-bond donors (Lipinski definition) is 3. The van der Waals surface area contributed by atoms with Crippen LogP contribution in [0.3, 0.4) is 0 Å². The Hall–Kier alpha value is -0.990. The van der Waals surface area contributed by atoms with Crippen LogP contribution in [-0.4, -0.2) is 57.0 Å². The van der Waals surface area contributed by atoms with Gasteiger partial charge in [0.2, 0.25) is 0 Å². The number of aliphatic hydroxyl groups is 2. The molecule has 7 nitrogen and oxygen atoms in total. The summed E-state index contributed by atoms with van der Waals surface area (Å²) in [5.74, 6) is 0. The summed E-state index contributed by atoms with van der Waals surface area (Å²) in [5.41, 5.74) is 4.61. The van der Waals surface area contributed by atoms with Gasteiger partial charge in [-0.15, -0.1) is 0 Å². The number of ether oxygens (including phenoxy) is 2. The van der Waals surface area contributed by atoms with Crippen molar-refractivity contribution >= 4 is 0 Å². The largest absolute Gasteiger partial charge is 0.388 e. The highest BCUT2D eigenvalue weighted by molar-refractivity contribution is 5.06. The van der Waals surface area contributed by atoms with Crippen LogP contribution in [0.25, 0.3) is 0 Å². The Morgan fingerprint density at radius 3 is 3.00 bits per heavy atom. The number of imidazole rings is 1. The zero-order chi connectivity index (χ0) is 12.0. The maximum absolute atomic E-state index is 10.2. The lowest BCUT2D eigenvalue weighted by atomic mass is 9.88. The lowest BCUT2D eigenvalue weighted by Gasteiger charge is -2.42. The maximum Gasteiger partial charge on any atom is 0.181 e. The van der Waals surface area contributed by atoms with Crippen molar-refractivity contribution in [2.24, 2.45) is 5.73 Å². The smallest absolute Gasteiger partial charge is 0.181 e. The predicted octanol–water partition coefficient (Wildman–Crippen LogP) is -1.77. The van der Waals surface area contributed by atoms with E-state index in [0.717, 1.165) is 0 Å². The van der Waals surface area contributed by atoms with Gasteiger partial charge in [0.1, 0.15) is 23.9 Å². The van der Waals surface area contributed by atoms with Gasteiger partial charge in [0.15, 0.2) is 6.29 Å². The average molecular weight is 241 g/mol. The first-order valence-corrected chi connectivity index (χ1v) is 5.51. The van der Waals surface area contributed by atoms with Gasteiger partial charge in [0.05, 0.1) is 12.9 Å². The molecule has 2 fully saturated rings. The molecule has 7 heteroatoms. The summed E-state index contributed by atoms with van der Waals surface area (Å²) >= 11 is 0. The van der Waals surface area contributed by atoms with E-state index in [1.165, 1.54) is 0 Å². The van der Waals surface area contributed by atoms with Crippen LogP contribution in [0.5, 0.6) is 0 Å². The van der Waals surface area contributed by atoms with E-state index >= 15 is 0 Å². The van der Waals surface area contributed by atoms with Crippen molar-refractivity contribution in [3.8, 4) is 0 Å². The maximum atomic E-state index is 10.2. The zero-order valence-electron chi connectivity index (χ0n) is 9.14. The number of rotatable bonds is 2.